The van der Waals surface area contributed by atoms with E-state index in [0.717, 1.165) is 19.3 Å². The van der Waals surface area contributed by atoms with Crippen molar-refractivity contribution in [1.82, 2.24) is 4.90 Å². The van der Waals surface area contributed by atoms with Crippen molar-refractivity contribution in [2.75, 3.05) is 12.0 Å². The van der Waals surface area contributed by atoms with Gasteiger partial charge in [0, 0.05) is 12.6 Å². The van der Waals surface area contributed by atoms with Gasteiger partial charge in [-0.05, 0) is 37.3 Å². The third kappa shape index (κ3) is 3.28. The number of halogens is 1. The van der Waals surface area contributed by atoms with Crippen molar-refractivity contribution in [3.63, 3.8) is 0 Å². The molecule has 1 aromatic carbocycles. The molecule has 1 aromatic rings. The number of nitrogen functional groups attached to an aromatic ring is 1. The number of carbonyl (C=O) groups excluding carboxylic acids is 1. The molecular formula is C15H22FN3O. The highest BCUT2D eigenvalue weighted by Gasteiger charge is 2.33. The maximum atomic E-state index is 13.7. The Morgan fingerprint density at radius 2 is 2.20 bits per heavy atom. The monoisotopic (exact) mass is 279 g/mol. The van der Waals surface area contributed by atoms with Gasteiger partial charge in [-0.15, -0.1) is 0 Å². The van der Waals surface area contributed by atoms with Gasteiger partial charge in [-0.1, -0.05) is 19.9 Å². The summed E-state index contributed by atoms with van der Waals surface area (Å²) in [6, 6.07) is 4.75. The molecule has 0 aromatic heterocycles. The number of hydrogen-bond donors (Lipinski definition) is 2. The van der Waals surface area contributed by atoms with Crippen LogP contribution in [0.15, 0.2) is 18.2 Å². The molecule has 0 atom stereocenters. The fourth-order valence-corrected chi connectivity index (χ4v) is 2.24. The first-order valence-corrected chi connectivity index (χ1v) is 7.10. The molecule has 0 spiro atoms. The summed E-state index contributed by atoms with van der Waals surface area (Å²) in [5.74, 6) is 5.23. The van der Waals surface area contributed by atoms with Crippen molar-refractivity contribution in [2.45, 2.75) is 39.2 Å². The van der Waals surface area contributed by atoms with Crippen molar-refractivity contribution < 1.29 is 9.18 Å². The first kappa shape index (κ1) is 14.8. The third-order valence-corrected chi connectivity index (χ3v) is 3.58. The normalized spacial score (nSPS) is 14.4. The Hall–Kier alpha value is -1.62. The molecule has 1 aliphatic carbocycles. The van der Waals surface area contributed by atoms with Crippen molar-refractivity contribution in [3.8, 4) is 0 Å². The molecule has 1 aliphatic rings. The Kier molecular flexibility index (Phi) is 4.60. The van der Waals surface area contributed by atoms with Crippen LogP contribution in [0.25, 0.3) is 0 Å². The van der Waals surface area contributed by atoms with Crippen LogP contribution in [-0.4, -0.2) is 23.4 Å². The predicted molar refractivity (Wildman–Crippen MR) is 77.7 cm³/mol. The van der Waals surface area contributed by atoms with Crippen LogP contribution in [-0.2, 0) is 0 Å². The van der Waals surface area contributed by atoms with E-state index in [9.17, 15) is 9.18 Å². The van der Waals surface area contributed by atoms with Crippen LogP contribution in [0, 0.1) is 11.7 Å². The second kappa shape index (κ2) is 6.22. The fourth-order valence-electron chi connectivity index (χ4n) is 2.24. The molecule has 20 heavy (non-hydrogen) atoms. The average molecular weight is 279 g/mol. The number of hydrogen-bond acceptors (Lipinski definition) is 3. The predicted octanol–water partition coefficient (Wildman–Crippen LogP) is 2.76. The van der Waals surface area contributed by atoms with Gasteiger partial charge in [0.05, 0.1) is 11.3 Å². The molecule has 3 N–H and O–H groups in total. The van der Waals surface area contributed by atoms with Gasteiger partial charge in [-0.25, -0.2) is 4.39 Å². The minimum atomic E-state index is -0.502. The van der Waals surface area contributed by atoms with Gasteiger partial charge in [-0.2, -0.15) is 0 Å². The van der Waals surface area contributed by atoms with E-state index >= 15 is 0 Å². The van der Waals surface area contributed by atoms with E-state index in [1.165, 1.54) is 12.1 Å². The molecule has 0 bridgehead atoms. The number of rotatable bonds is 6. The lowest BCUT2D eigenvalue weighted by Crippen LogP contribution is -2.35. The van der Waals surface area contributed by atoms with E-state index in [0.29, 0.717) is 24.1 Å². The van der Waals surface area contributed by atoms with E-state index in [2.05, 4.69) is 19.3 Å². The van der Waals surface area contributed by atoms with E-state index in [4.69, 9.17) is 5.84 Å². The lowest BCUT2D eigenvalue weighted by Gasteiger charge is -2.24. The first-order chi connectivity index (χ1) is 9.54. The SMILES string of the molecule is CC(C)CCN(C(=O)c1cccc(F)c1NN)C1CC1. The molecule has 0 heterocycles. The molecule has 0 aliphatic heterocycles. The van der Waals surface area contributed by atoms with Gasteiger partial charge in [0.25, 0.3) is 5.91 Å². The number of carbonyl (C=O) groups is 1. The number of nitrogens with one attached hydrogen (secondary N) is 1. The Morgan fingerprint density at radius 3 is 2.75 bits per heavy atom. The maximum Gasteiger partial charge on any atom is 0.256 e. The Bertz CT molecular complexity index is 486. The third-order valence-electron chi connectivity index (χ3n) is 3.58. The number of hydrazine groups is 1. The van der Waals surface area contributed by atoms with Crippen molar-refractivity contribution in [2.24, 2.45) is 11.8 Å². The van der Waals surface area contributed by atoms with Crippen molar-refractivity contribution >= 4 is 11.6 Å². The molecule has 1 saturated carbocycles. The Labute approximate surface area is 119 Å². The lowest BCUT2D eigenvalue weighted by molar-refractivity contribution is 0.0736. The van der Waals surface area contributed by atoms with E-state index in [1.807, 2.05) is 4.90 Å². The molecule has 2 rings (SSSR count). The van der Waals surface area contributed by atoms with E-state index in [-0.39, 0.29) is 11.6 Å². The van der Waals surface area contributed by atoms with Crippen molar-refractivity contribution in [3.05, 3.63) is 29.6 Å². The molecule has 110 valence electrons. The van der Waals surface area contributed by atoms with Gasteiger partial charge in [0.15, 0.2) is 0 Å². The zero-order valence-electron chi connectivity index (χ0n) is 12.0. The summed E-state index contributed by atoms with van der Waals surface area (Å²) >= 11 is 0. The van der Waals surface area contributed by atoms with Crippen LogP contribution in [0.2, 0.25) is 0 Å². The highest BCUT2D eigenvalue weighted by atomic mass is 19.1. The minimum absolute atomic E-state index is 0.0766. The number of para-hydroxylation sites is 1. The molecule has 5 heteroatoms. The Morgan fingerprint density at radius 1 is 1.50 bits per heavy atom. The number of amides is 1. The van der Waals surface area contributed by atoms with Crippen LogP contribution in [0.1, 0.15) is 43.5 Å². The highest BCUT2D eigenvalue weighted by Crippen LogP contribution is 2.30. The number of nitrogens with zero attached hydrogens (tertiary/aromatic N) is 1. The summed E-state index contributed by atoms with van der Waals surface area (Å²) in [6.45, 7) is 4.97. The summed E-state index contributed by atoms with van der Waals surface area (Å²) in [5, 5.41) is 0. The van der Waals surface area contributed by atoms with Crippen LogP contribution in [0.3, 0.4) is 0 Å². The Balaban J connectivity index is 2.21. The lowest BCUT2D eigenvalue weighted by atomic mass is 10.1. The van der Waals surface area contributed by atoms with Gasteiger partial charge in [0.2, 0.25) is 0 Å². The van der Waals surface area contributed by atoms with Gasteiger partial charge in [0.1, 0.15) is 5.82 Å². The number of nitrogens with two attached hydrogens (primary N) is 1. The summed E-state index contributed by atoms with van der Waals surface area (Å²) in [6.07, 6.45) is 3.01. The zero-order valence-corrected chi connectivity index (χ0v) is 12.0. The molecular weight excluding hydrogens is 257 g/mol. The smallest absolute Gasteiger partial charge is 0.256 e. The van der Waals surface area contributed by atoms with Gasteiger partial charge < -0.3 is 10.3 Å². The van der Waals surface area contributed by atoms with Crippen LogP contribution >= 0.6 is 0 Å². The fraction of sp³-hybridized carbons (Fsp3) is 0.533. The van der Waals surface area contributed by atoms with Gasteiger partial charge in [-0.3, -0.25) is 10.6 Å². The second-order valence-electron chi connectivity index (χ2n) is 5.72. The second-order valence-corrected chi connectivity index (χ2v) is 5.72. The number of anilines is 1. The molecule has 1 fully saturated rings. The summed E-state index contributed by atoms with van der Waals surface area (Å²) < 4.78 is 13.7. The minimum Gasteiger partial charge on any atom is -0.336 e. The maximum absolute atomic E-state index is 13.7. The average Bonchev–Trinajstić information content (AvgIpc) is 3.22. The highest BCUT2D eigenvalue weighted by molar-refractivity contribution is 6.00. The van der Waals surface area contributed by atoms with Crippen molar-refractivity contribution in [1.29, 1.82) is 0 Å². The molecule has 0 unspecified atom stereocenters. The number of benzene rings is 1. The van der Waals surface area contributed by atoms with E-state index in [1.54, 1.807) is 6.07 Å². The van der Waals surface area contributed by atoms with E-state index < -0.39 is 5.82 Å². The topological polar surface area (TPSA) is 58.4 Å². The van der Waals surface area contributed by atoms with Crippen LogP contribution < -0.4 is 11.3 Å². The molecule has 0 saturated heterocycles. The van der Waals surface area contributed by atoms with Gasteiger partial charge >= 0.3 is 0 Å². The quantitative estimate of drug-likeness (QED) is 0.622. The molecule has 1 amide bonds. The summed E-state index contributed by atoms with van der Waals surface area (Å²) in [4.78, 5) is 14.5. The summed E-state index contributed by atoms with van der Waals surface area (Å²) in [5.41, 5.74) is 2.69. The van der Waals surface area contributed by atoms with Crippen LogP contribution in [0.5, 0.6) is 0 Å². The van der Waals surface area contributed by atoms with Crippen LogP contribution in [0.4, 0.5) is 10.1 Å². The standard InChI is InChI=1S/C15H22FN3O/c1-10(2)8-9-19(11-6-7-11)15(20)12-4-3-5-13(16)14(12)18-17/h3-5,10-11,18H,6-9,17H2,1-2H3. The first-order valence-electron chi connectivity index (χ1n) is 7.10. The molecule has 4 nitrogen and oxygen atoms in total. The largest absolute Gasteiger partial charge is 0.336 e. The zero-order chi connectivity index (χ0) is 14.7. The summed E-state index contributed by atoms with van der Waals surface area (Å²) in [7, 11) is 0. The molecule has 0 radical (unpaired) electrons.